The Morgan fingerprint density at radius 3 is 1.15 bits per heavy atom. The molecule has 0 aromatic heterocycles. The highest BCUT2D eigenvalue weighted by Gasteiger charge is 1.95. The van der Waals surface area contributed by atoms with Crippen LogP contribution in [0.2, 0.25) is 0 Å². The van der Waals surface area contributed by atoms with Gasteiger partial charge in [0.25, 0.3) is 0 Å². The lowest BCUT2D eigenvalue weighted by Gasteiger charge is -2.05. The van der Waals surface area contributed by atoms with Crippen molar-refractivity contribution in [1.29, 1.82) is 0 Å². The van der Waals surface area contributed by atoms with Crippen LogP contribution in [0.15, 0.2) is 0 Å². The lowest BCUT2D eigenvalue weighted by atomic mass is 10.0. The molecule has 0 fully saturated rings. The molecule has 0 heterocycles. The van der Waals surface area contributed by atoms with Crippen LogP contribution in [0.5, 0.6) is 0 Å². The van der Waals surface area contributed by atoms with Gasteiger partial charge in [0.1, 0.15) is 0 Å². The van der Waals surface area contributed by atoms with Gasteiger partial charge in [0, 0.05) is 0 Å². The third-order valence-electron chi connectivity index (χ3n) is 1.56. The van der Waals surface area contributed by atoms with Crippen molar-refractivity contribution in [2.24, 2.45) is 5.92 Å². The first-order valence-corrected chi connectivity index (χ1v) is 6.22. The fourth-order valence-electron chi connectivity index (χ4n) is 1.13. The lowest BCUT2D eigenvalue weighted by Crippen LogP contribution is -1.91. The quantitative estimate of drug-likeness (QED) is 0.533. The van der Waals surface area contributed by atoms with Crippen LogP contribution in [0.4, 0.5) is 0 Å². The topological polar surface area (TPSA) is 0 Å². The van der Waals surface area contributed by atoms with Crippen LogP contribution in [-0.2, 0) is 0 Å². The maximum Gasteiger partial charge on any atom is -0.0443 e. The first kappa shape index (κ1) is 18.7. The summed E-state index contributed by atoms with van der Waals surface area (Å²) in [5, 5.41) is 0. The van der Waals surface area contributed by atoms with Crippen molar-refractivity contribution in [2.75, 3.05) is 0 Å². The zero-order valence-electron chi connectivity index (χ0n) is 11.1. The second kappa shape index (κ2) is 22.7. The van der Waals surface area contributed by atoms with Crippen LogP contribution in [0, 0.1) is 5.92 Å². The highest BCUT2D eigenvalue weighted by atomic mass is 14.0. The predicted octanol–water partition coefficient (Wildman–Crippen LogP) is 5.67. The van der Waals surface area contributed by atoms with Crippen LogP contribution in [-0.4, -0.2) is 0 Å². The van der Waals surface area contributed by atoms with Gasteiger partial charge in [-0.3, -0.25) is 0 Å². The van der Waals surface area contributed by atoms with Crippen molar-refractivity contribution in [3.63, 3.8) is 0 Å². The van der Waals surface area contributed by atoms with E-state index in [0.717, 1.165) is 5.92 Å². The molecule has 0 saturated heterocycles. The minimum absolute atomic E-state index is 0.963. The lowest BCUT2D eigenvalue weighted by molar-refractivity contribution is 0.480. The van der Waals surface area contributed by atoms with Crippen molar-refractivity contribution in [3.05, 3.63) is 0 Å². The van der Waals surface area contributed by atoms with E-state index in [1.807, 2.05) is 13.8 Å². The van der Waals surface area contributed by atoms with E-state index in [9.17, 15) is 0 Å². The van der Waals surface area contributed by atoms with Crippen LogP contribution in [0.1, 0.15) is 80.6 Å². The number of hydrogen-bond donors (Lipinski definition) is 0. The van der Waals surface area contributed by atoms with Gasteiger partial charge < -0.3 is 0 Å². The summed E-state index contributed by atoms with van der Waals surface area (Å²) >= 11 is 0. The highest BCUT2D eigenvalue weighted by Crippen LogP contribution is 2.10. The molecule has 0 spiro atoms. The Morgan fingerprint density at radius 2 is 1.00 bits per heavy atom. The molecule has 0 N–H and O–H groups in total. The third-order valence-corrected chi connectivity index (χ3v) is 1.56. The van der Waals surface area contributed by atoms with Crippen molar-refractivity contribution in [2.45, 2.75) is 80.6 Å². The van der Waals surface area contributed by atoms with Gasteiger partial charge in [-0.05, 0) is 5.92 Å². The molecular weight excluding hydrogens is 156 g/mol. The monoisotopic (exact) mass is 188 g/mol. The molecule has 0 aliphatic carbocycles. The SMILES string of the molecule is CC.CCC.CCCC(C)CCC. The Bertz CT molecular complexity index is 42.0. The van der Waals surface area contributed by atoms with E-state index in [1.54, 1.807) is 0 Å². The molecule has 0 amide bonds. The Labute approximate surface area is 87.1 Å². The van der Waals surface area contributed by atoms with Crippen molar-refractivity contribution in [3.8, 4) is 0 Å². The first-order valence-electron chi connectivity index (χ1n) is 6.22. The normalized spacial score (nSPS) is 8.31. The van der Waals surface area contributed by atoms with Gasteiger partial charge in [-0.25, -0.2) is 0 Å². The molecule has 0 nitrogen and oxygen atoms in total. The smallest absolute Gasteiger partial charge is 0.0443 e. The molecule has 0 saturated carbocycles. The summed E-state index contributed by atoms with van der Waals surface area (Å²) in [6.07, 6.45) is 6.77. The van der Waals surface area contributed by atoms with Gasteiger partial charge in [0.05, 0.1) is 0 Å². The second-order valence-corrected chi connectivity index (χ2v) is 3.39. The minimum atomic E-state index is 0.963. The summed E-state index contributed by atoms with van der Waals surface area (Å²) in [6, 6.07) is 0. The standard InChI is InChI=1S/C8H18.C3H8.C2H6/c1-4-6-8(3)7-5-2;1-3-2;1-2/h8H,4-7H2,1-3H3;3H2,1-2H3;1-2H3. The van der Waals surface area contributed by atoms with Crippen LogP contribution in [0.3, 0.4) is 0 Å². The Morgan fingerprint density at radius 1 is 0.769 bits per heavy atom. The summed E-state index contributed by atoms with van der Waals surface area (Å²) in [6.45, 7) is 15.1. The molecule has 0 atom stereocenters. The van der Waals surface area contributed by atoms with E-state index < -0.39 is 0 Å². The van der Waals surface area contributed by atoms with Crippen molar-refractivity contribution < 1.29 is 0 Å². The number of hydrogen-bond acceptors (Lipinski definition) is 0. The van der Waals surface area contributed by atoms with Crippen LogP contribution < -0.4 is 0 Å². The van der Waals surface area contributed by atoms with Gasteiger partial charge in [-0.1, -0.05) is 80.6 Å². The second-order valence-electron chi connectivity index (χ2n) is 3.39. The van der Waals surface area contributed by atoms with E-state index in [0.29, 0.717) is 0 Å². The molecule has 0 aromatic carbocycles. The molecule has 84 valence electrons. The summed E-state index contributed by atoms with van der Waals surface area (Å²) in [5.41, 5.74) is 0. The Hall–Kier alpha value is 0. The molecule has 0 aliphatic heterocycles. The van der Waals surface area contributed by atoms with Crippen molar-refractivity contribution >= 4 is 0 Å². The fourth-order valence-corrected chi connectivity index (χ4v) is 1.13. The van der Waals surface area contributed by atoms with Gasteiger partial charge in [-0.2, -0.15) is 0 Å². The fraction of sp³-hybridized carbons (Fsp3) is 1.00. The largest absolute Gasteiger partial charge is 0.0683 e. The zero-order valence-corrected chi connectivity index (χ0v) is 11.1. The van der Waals surface area contributed by atoms with Gasteiger partial charge in [0.15, 0.2) is 0 Å². The average Bonchev–Trinajstić information content (AvgIpc) is 2.10. The van der Waals surface area contributed by atoms with Crippen LogP contribution in [0.25, 0.3) is 0 Å². The van der Waals surface area contributed by atoms with E-state index in [4.69, 9.17) is 0 Å². The van der Waals surface area contributed by atoms with Gasteiger partial charge in [-0.15, -0.1) is 0 Å². The van der Waals surface area contributed by atoms with Crippen molar-refractivity contribution in [1.82, 2.24) is 0 Å². The summed E-state index contributed by atoms with van der Waals surface area (Å²) in [5.74, 6) is 0.963. The van der Waals surface area contributed by atoms with E-state index in [2.05, 4.69) is 34.6 Å². The molecule has 13 heavy (non-hydrogen) atoms. The Kier molecular flexibility index (Phi) is 32.7. The first-order chi connectivity index (χ1) is 6.22. The zero-order chi connectivity index (χ0) is 11.1. The minimum Gasteiger partial charge on any atom is -0.0683 e. The maximum atomic E-state index is 2.34. The van der Waals surface area contributed by atoms with Gasteiger partial charge >= 0.3 is 0 Å². The molecule has 0 unspecified atom stereocenters. The third kappa shape index (κ3) is 33.3. The summed E-state index contributed by atoms with van der Waals surface area (Å²) in [4.78, 5) is 0. The average molecular weight is 188 g/mol. The van der Waals surface area contributed by atoms with Gasteiger partial charge in [0.2, 0.25) is 0 Å². The Balaban J connectivity index is -0.000000169. The predicted molar refractivity (Wildman–Crippen MR) is 66.3 cm³/mol. The van der Waals surface area contributed by atoms with Crippen LogP contribution >= 0.6 is 0 Å². The van der Waals surface area contributed by atoms with E-state index >= 15 is 0 Å². The molecule has 0 rings (SSSR count). The molecule has 0 heteroatoms. The molecular formula is C13H32. The molecule has 0 bridgehead atoms. The summed E-state index contributed by atoms with van der Waals surface area (Å²) < 4.78 is 0. The summed E-state index contributed by atoms with van der Waals surface area (Å²) in [7, 11) is 0. The van der Waals surface area contributed by atoms with E-state index in [1.165, 1.54) is 32.1 Å². The maximum absolute atomic E-state index is 2.34. The molecule has 0 radical (unpaired) electrons. The van der Waals surface area contributed by atoms with E-state index in [-0.39, 0.29) is 0 Å². The number of rotatable bonds is 4. The molecule has 0 aliphatic rings. The highest BCUT2D eigenvalue weighted by molar-refractivity contribution is 4.48. The molecule has 0 aromatic rings.